The molecule has 0 saturated heterocycles. The van der Waals surface area contributed by atoms with Crippen molar-refractivity contribution in [1.29, 1.82) is 0 Å². The fraction of sp³-hybridized carbons (Fsp3) is 0.692. The van der Waals surface area contributed by atoms with E-state index in [1.807, 2.05) is 6.92 Å². The molecule has 1 heterocycles. The molecule has 0 aliphatic carbocycles. The fourth-order valence-corrected chi connectivity index (χ4v) is 1.84. The number of ether oxygens (including phenoxy) is 1. The molecule has 1 unspecified atom stereocenters. The van der Waals surface area contributed by atoms with E-state index in [0.717, 1.165) is 6.42 Å². The number of alkyl halides is 1. The van der Waals surface area contributed by atoms with Gasteiger partial charge in [0.25, 0.3) is 0 Å². The zero-order chi connectivity index (χ0) is 13.6. The lowest BCUT2D eigenvalue weighted by Crippen LogP contribution is -2.35. The Balaban J connectivity index is 2.77. The van der Waals surface area contributed by atoms with Gasteiger partial charge in [0.05, 0.1) is 6.61 Å². The molecule has 102 valence electrons. The Morgan fingerprint density at radius 2 is 2.17 bits per heavy atom. The van der Waals surface area contributed by atoms with Crippen LogP contribution in [0, 0.1) is 5.41 Å². The monoisotopic (exact) mass is 271 g/mol. The Bertz CT molecular complexity index is 365. The van der Waals surface area contributed by atoms with E-state index in [2.05, 4.69) is 36.1 Å². The number of nitrogens with zero attached hydrogens (tertiary/aromatic N) is 2. The molecule has 1 rings (SSSR count). The summed E-state index contributed by atoms with van der Waals surface area (Å²) in [7, 11) is 0. The van der Waals surface area contributed by atoms with Crippen LogP contribution in [-0.4, -0.2) is 28.5 Å². The first kappa shape index (κ1) is 15.0. The van der Waals surface area contributed by atoms with Crippen LogP contribution in [0.25, 0.3) is 0 Å². The number of hydrogen-bond acceptors (Lipinski definition) is 4. The fourth-order valence-electron chi connectivity index (χ4n) is 1.63. The number of hydrogen-bond donors (Lipinski definition) is 1. The predicted molar refractivity (Wildman–Crippen MR) is 75.4 cm³/mol. The minimum Gasteiger partial charge on any atom is -0.478 e. The van der Waals surface area contributed by atoms with Crippen LogP contribution in [0.2, 0.25) is 0 Å². The Labute approximate surface area is 114 Å². The van der Waals surface area contributed by atoms with Gasteiger partial charge in [-0.05, 0) is 18.8 Å². The smallest absolute Gasteiger partial charge is 0.226 e. The molecule has 0 aliphatic rings. The maximum atomic E-state index is 5.84. The molecule has 0 bridgehead atoms. The van der Waals surface area contributed by atoms with E-state index in [1.165, 1.54) is 0 Å². The number of anilines is 1. The van der Waals surface area contributed by atoms with Gasteiger partial charge >= 0.3 is 0 Å². The lowest BCUT2D eigenvalue weighted by Gasteiger charge is -2.31. The van der Waals surface area contributed by atoms with Crippen molar-refractivity contribution < 1.29 is 4.74 Å². The molecule has 0 spiro atoms. The summed E-state index contributed by atoms with van der Waals surface area (Å²) in [4.78, 5) is 8.52. The summed E-state index contributed by atoms with van der Waals surface area (Å²) < 4.78 is 5.36. The van der Waals surface area contributed by atoms with Gasteiger partial charge in [-0.15, -0.1) is 11.6 Å². The number of halogens is 1. The van der Waals surface area contributed by atoms with Crippen LogP contribution in [-0.2, 0) is 0 Å². The second-order valence-corrected chi connectivity index (χ2v) is 5.57. The second-order valence-electron chi connectivity index (χ2n) is 5.19. The Kier molecular flexibility index (Phi) is 5.66. The third-order valence-corrected chi connectivity index (χ3v) is 2.89. The molecule has 0 fully saturated rings. The molecule has 1 aromatic heterocycles. The first-order valence-corrected chi connectivity index (χ1v) is 6.79. The Morgan fingerprint density at radius 1 is 1.44 bits per heavy atom. The summed E-state index contributed by atoms with van der Waals surface area (Å²) in [5.74, 6) is 1.79. The van der Waals surface area contributed by atoms with E-state index < -0.39 is 0 Å². The van der Waals surface area contributed by atoms with E-state index in [1.54, 1.807) is 12.3 Å². The molecular formula is C13H22ClN3O. The topological polar surface area (TPSA) is 47.0 Å². The predicted octanol–water partition coefficient (Wildman–Crippen LogP) is 3.33. The van der Waals surface area contributed by atoms with Crippen molar-refractivity contribution in [3.05, 3.63) is 12.3 Å². The minimum atomic E-state index is 0.0971. The lowest BCUT2D eigenvalue weighted by atomic mass is 9.85. The van der Waals surface area contributed by atoms with Gasteiger partial charge in [-0.25, -0.2) is 4.98 Å². The molecule has 1 N–H and O–H groups in total. The molecule has 0 radical (unpaired) electrons. The maximum absolute atomic E-state index is 5.84. The molecule has 18 heavy (non-hydrogen) atoms. The average molecular weight is 272 g/mol. The minimum absolute atomic E-state index is 0.0971. The summed E-state index contributed by atoms with van der Waals surface area (Å²) in [5, 5.41) is 3.33. The van der Waals surface area contributed by atoms with E-state index in [0.29, 0.717) is 24.3 Å². The second kappa shape index (κ2) is 6.78. The number of rotatable bonds is 6. The zero-order valence-corrected chi connectivity index (χ0v) is 12.3. The first-order chi connectivity index (χ1) is 8.47. The molecule has 5 heteroatoms. The SMILES string of the molecule is CCOc1ccnc(NC(CCCl)C(C)(C)C)n1. The van der Waals surface area contributed by atoms with Crippen molar-refractivity contribution in [2.24, 2.45) is 5.41 Å². The largest absolute Gasteiger partial charge is 0.478 e. The summed E-state index contributed by atoms with van der Waals surface area (Å²) >= 11 is 5.84. The highest BCUT2D eigenvalue weighted by molar-refractivity contribution is 6.17. The van der Waals surface area contributed by atoms with Gasteiger partial charge in [0.15, 0.2) is 0 Å². The molecule has 0 aromatic carbocycles. The van der Waals surface area contributed by atoms with Crippen LogP contribution in [0.5, 0.6) is 5.88 Å². The molecule has 1 atom stereocenters. The molecule has 0 amide bonds. The summed E-state index contributed by atoms with van der Waals surface area (Å²) in [6, 6.07) is 1.98. The van der Waals surface area contributed by atoms with Crippen molar-refractivity contribution >= 4 is 17.5 Å². The third-order valence-electron chi connectivity index (χ3n) is 2.67. The number of aromatic nitrogens is 2. The van der Waals surface area contributed by atoms with Gasteiger partial charge in [0.1, 0.15) is 0 Å². The number of nitrogens with one attached hydrogen (secondary N) is 1. The average Bonchev–Trinajstić information content (AvgIpc) is 2.28. The van der Waals surface area contributed by atoms with Gasteiger partial charge in [-0.3, -0.25) is 0 Å². The highest BCUT2D eigenvalue weighted by Crippen LogP contribution is 2.25. The van der Waals surface area contributed by atoms with Crippen LogP contribution in [0.3, 0.4) is 0 Å². The van der Waals surface area contributed by atoms with Crippen molar-refractivity contribution in [1.82, 2.24) is 9.97 Å². The normalized spacial score (nSPS) is 13.2. The zero-order valence-electron chi connectivity index (χ0n) is 11.5. The van der Waals surface area contributed by atoms with Crippen LogP contribution >= 0.6 is 11.6 Å². The van der Waals surface area contributed by atoms with Crippen LogP contribution in [0.1, 0.15) is 34.1 Å². The van der Waals surface area contributed by atoms with E-state index >= 15 is 0 Å². The highest BCUT2D eigenvalue weighted by atomic mass is 35.5. The van der Waals surface area contributed by atoms with E-state index in [-0.39, 0.29) is 11.5 Å². The molecule has 1 aromatic rings. The quantitative estimate of drug-likeness (QED) is 0.806. The van der Waals surface area contributed by atoms with Gasteiger partial charge in [-0.2, -0.15) is 4.98 Å². The van der Waals surface area contributed by atoms with Crippen molar-refractivity contribution in [2.75, 3.05) is 17.8 Å². The van der Waals surface area contributed by atoms with Crippen molar-refractivity contribution in [3.63, 3.8) is 0 Å². The molecule has 4 nitrogen and oxygen atoms in total. The van der Waals surface area contributed by atoms with Gasteiger partial charge < -0.3 is 10.1 Å². The van der Waals surface area contributed by atoms with Gasteiger partial charge in [0.2, 0.25) is 11.8 Å². The van der Waals surface area contributed by atoms with Crippen molar-refractivity contribution in [2.45, 2.75) is 40.2 Å². The Morgan fingerprint density at radius 3 is 2.72 bits per heavy atom. The summed E-state index contributed by atoms with van der Waals surface area (Å²) in [6.07, 6.45) is 2.56. The summed E-state index contributed by atoms with van der Waals surface area (Å²) in [6.45, 7) is 9.04. The molecule has 0 saturated carbocycles. The van der Waals surface area contributed by atoms with Gasteiger partial charge in [0, 0.05) is 24.2 Å². The third kappa shape index (κ3) is 4.69. The lowest BCUT2D eigenvalue weighted by molar-refractivity contribution is 0.322. The first-order valence-electron chi connectivity index (χ1n) is 6.25. The van der Waals surface area contributed by atoms with E-state index in [9.17, 15) is 0 Å². The molecule has 0 aliphatic heterocycles. The van der Waals surface area contributed by atoms with Crippen molar-refractivity contribution in [3.8, 4) is 5.88 Å². The van der Waals surface area contributed by atoms with Crippen LogP contribution < -0.4 is 10.1 Å². The highest BCUT2D eigenvalue weighted by Gasteiger charge is 2.24. The maximum Gasteiger partial charge on any atom is 0.226 e. The summed E-state index contributed by atoms with van der Waals surface area (Å²) in [5.41, 5.74) is 0.0971. The van der Waals surface area contributed by atoms with E-state index in [4.69, 9.17) is 16.3 Å². The standard InChI is InChI=1S/C13H22ClN3O/c1-5-18-11-7-9-15-12(17-11)16-10(6-8-14)13(2,3)4/h7,9-10H,5-6,8H2,1-4H3,(H,15,16,17). The Hall–Kier alpha value is -1.03. The van der Waals surface area contributed by atoms with Gasteiger partial charge in [-0.1, -0.05) is 20.8 Å². The van der Waals surface area contributed by atoms with Crippen LogP contribution in [0.15, 0.2) is 12.3 Å². The van der Waals surface area contributed by atoms with Crippen LogP contribution in [0.4, 0.5) is 5.95 Å². The molecular weight excluding hydrogens is 250 g/mol.